The first kappa shape index (κ1) is 14.6. The highest BCUT2D eigenvalue weighted by atomic mass is 16.5. The summed E-state index contributed by atoms with van der Waals surface area (Å²) in [6, 6.07) is 5.72. The van der Waals surface area contributed by atoms with Gasteiger partial charge < -0.3 is 14.4 Å². The monoisotopic (exact) mass is 275 g/mol. The van der Waals surface area contributed by atoms with Gasteiger partial charge in [0.25, 0.3) is 0 Å². The molecule has 1 aliphatic heterocycles. The Kier molecular flexibility index (Phi) is 4.79. The van der Waals surface area contributed by atoms with Crippen LogP contribution < -0.4 is 9.47 Å². The van der Waals surface area contributed by atoms with E-state index in [-0.39, 0.29) is 5.78 Å². The number of methoxy groups -OCH3 is 1. The molecule has 0 aliphatic carbocycles. The van der Waals surface area contributed by atoms with Crippen LogP contribution in [0.15, 0.2) is 23.8 Å². The molecule has 0 spiro atoms. The van der Waals surface area contributed by atoms with E-state index < -0.39 is 0 Å². The van der Waals surface area contributed by atoms with Gasteiger partial charge in [0.05, 0.1) is 13.7 Å². The molecule has 1 saturated heterocycles. The maximum absolute atomic E-state index is 11.9. The van der Waals surface area contributed by atoms with Gasteiger partial charge in [0, 0.05) is 25.1 Å². The van der Waals surface area contributed by atoms with Crippen LogP contribution in [0.5, 0.6) is 11.5 Å². The summed E-state index contributed by atoms with van der Waals surface area (Å²) in [5.41, 5.74) is 1.82. The third-order valence-corrected chi connectivity index (χ3v) is 3.35. The van der Waals surface area contributed by atoms with E-state index in [0.29, 0.717) is 31.1 Å². The van der Waals surface area contributed by atoms with Crippen LogP contribution in [0.1, 0.15) is 18.9 Å². The zero-order valence-electron chi connectivity index (χ0n) is 12.3. The Bertz CT molecular complexity index is 522. The number of nitrogens with zero attached hydrogens (tertiary/aromatic N) is 1. The van der Waals surface area contributed by atoms with Crippen molar-refractivity contribution in [3.63, 3.8) is 0 Å². The molecule has 1 fully saturated rings. The largest absolute Gasteiger partial charge is 0.493 e. The molecular weight excluding hydrogens is 254 g/mol. The first-order chi connectivity index (χ1) is 9.63. The first-order valence-electron chi connectivity index (χ1n) is 6.87. The van der Waals surface area contributed by atoms with Crippen molar-refractivity contribution in [1.29, 1.82) is 0 Å². The van der Waals surface area contributed by atoms with Gasteiger partial charge in [0.2, 0.25) is 0 Å². The predicted octanol–water partition coefficient (Wildman–Crippen LogP) is 2.38. The van der Waals surface area contributed by atoms with Gasteiger partial charge in [-0.25, -0.2) is 0 Å². The van der Waals surface area contributed by atoms with E-state index in [1.165, 1.54) is 0 Å². The van der Waals surface area contributed by atoms with Crippen LogP contribution in [0, 0.1) is 0 Å². The lowest BCUT2D eigenvalue weighted by Gasteiger charge is -2.23. The Morgan fingerprint density at radius 2 is 2.15 bits per heavy atom. The third kappa shape index (κ3) is 3.39. The fraction of sp³-hybridized carbons (Fsp3) is 0.438. The van der Waals surface area contributed by atoms with E-state index in [9.17, 15) is 4.79 Å². The molecule has 1 heterocycles. The van der Waals surface area contributed by atoms with Gasteiger partial charge in [-0.1, -0.05) is 6.07 Å². The maximum atomic E-state index is 11.9. The highest BCUT2D eigenvalue weighted by Gasteiger charge is 2.18. The number of hydrogen-bond acceptors (Lipinski definition) is 4. The molecule has 0 unspecified atom stereocenters. The molecule has 108 valence electrons. The second kappa shape index (κ2) is 6.57. The number of likely N-dealkylation sites (tertiary alicyclic amines) is 1. The van der Waals surface area contributed by atoms with Crippen molar-refractivity contribution in [2.75, 3.05) is 33.9 Å². The van der Waals surface area contributed by atoms with Crippen molar-refractivity contribution in [1.82, 2.24) is 4.90 Å². The minimum atomic E-state index is 0.233. The summed E-state index contributed by atoms with van der Waals surface area (Å²) < 4.78 is 10.8. The third-order valence-electron chi connectivity index (χ3n) is 3.35. The summed E-state index contributed by atoms with van der Waals surface area (Å²) in [5.74, 6) is 1.65. The standard InChI is InChI=1S/C16H21NO3/c1-4-20-16-10-12(5-6-15(16)19-3)9-13-11-17(2)8-7-14(13)18/h5-6,9-10H,4,7-8,11H2,1-3H3/b13-9+. The van der Waals surface area contributed by atoms with Gasteiger partial charge in [-0.2, -0.15) is 0 Å². The van der Waals surface area contributed by atoms with Crippen molar-refractivity contribution in [2.45, 2.75) is 13.3 Å². The van der Waals surface area contributed by atoms with E-state index in [4.69, 9.17) is 9.47 Å². The minimum Gasteiger partial charge on any atom is -0.493 e. The Balaban J connectivity index is 2.28. The van der Waals surface area contributed by atoms with Gasteiger partial charge >= 0.3 is 0 Å². The molecule has 0 saturated carbocycles. The summed E-state index contributed by atoms with van der Waals surface area (Å²) in [5, 5.41) is 0. The van der Waals surface area contributed by atoms with Crippen molar-refractivity contribution >= 4 is 11.9 Å². The highest BCUT2D eigenvalue weighted by Crippen LogP contribution is 2.29. The predicted molar refractivity (Wildman–Crippen MR) is 79.3 cm³/mol. The van der Waals surface area contributed by atoms with Crippen molar-refractivity contribution in [2.24, 2.45) is 0 Å². The molecule has 0 radical (unpaired) electrons. The topological polar surface area (TPSA) is 38.8 Å². The van der Waals surface area contributed by atoms with Crippen LogP contribution in [-0.2, 0) is 4.79 Å². The first-order valence-corrected chi connectivity index (χ1v) is 6.87. The van der Waals surface area contributed by atoms with Crippen LogP contribution in [-0.4, -0.2) is 44.5 Å². The molecule has 1 aromatic rings. The molecule has 20 heavy (non-hydrogen) atoms. The number of carbonyl (C=O) groups is 1. The van der Waals surface area contributed by atoms with Crippen LogP contribution in [0.4, 0.5) is 0 Å². The summed E-state index contributed by atoms with van der Waals surface area (Å²) in [4.78, 5) is 14.1. The zero-order chi connectivity index (χ0) is 14.5. The fourth-order valence-corrected chi connectivity index (χ4v) is 2.29. The van der Waals surface area contributed by atoms with Crippen LogP contribution in [0.3, 0.4) is 0 Å². The van der Waals surface area contributed by atoms with Crippen LogP contribution >= 0.6 is 0 Å². The van der Waals surface area contributed by atoms with E-state index in [2.05, 4.69) is 4.90 Å². The van der Waals surface area contributed by atoms with E-state index in [1.54, 1.807) is 7.11 Å². The average molecular weight is 275 g/mol. The summed E-state index contributed by atoms with van der Waals surface area (Å²) >= 11 is 0. The van der Waals surface area contributed by atoms with Crippen LogP contribution in [0.25, 0.3) is 6.08 Å². The van der Waals surface area contributed by atoms with Gasteiger partial charge in [-0.15, -0.1) is 0 Å². The fourth-order valence-electron chi connectivity index (χ4n) is 2.29. The Morgan fingerprint density at radius 1 is 1.35 bits per heavy atom. The van der Waals surface area contributed by atoms with Crippen molar-refractivity contribution in [3.05, 3.63) is 29.3 Å². The molecule has 0 bridgehead atoms. The maximum Gasteiger partial charge on any atom is 0.161 e. The number of ketones is 1. The number of Topliss-reactive ketones (excluding diaryl/α,β-unsaturated/α-hetero) is 1. The lowest BCUT2D eigenvalue weighted by Crippen LogP contribution is -2.32. The second-order valence-electron chi connectivity index (χ2n) is 4.92. The lowest BCUT2D eigenvalue weighted by atomic mass is 10.0. The number of rotatable bonds is 4. The van der Waals surface area contributed by atoms with E-state index >= 15 is 0 Å². The number of ether oxygens (including phenoxy) is 2. The van der Waals surface area contributed by atoms with Gasteiger partial charge in [0.1, 0.15) is 0 Å². The number of piperidine rings is 1. The zero-order valence-corrected chi connectivity index (χ0v) is 12.3. The lowest BCUT2D eigenvalue weighted by molar-refractivity contribution is -0.117. The molecule has 4 heteroatoms. The number of carbonyl (C=O) groups excluding carboxylic acids is 1. The Labute approximate surface area is 120 Å². The SMILES string of the molecule is CCOc1cc(/C=C2\CN(C)CCC2=O)ccc1OC. The number of likely N-dealkylation sites (N-methyl/N-ethyl adjacent to an activating group) is 1. The summed E-state index contributed by atoms with van der Waals surface area (Å²) in [6.45, 7) is 4.06. The number of hydrogen-bond donors (Lipinski definition) is 0. The highest BCUT2D eigenvalue weighted by molar-refractivity contribution is 6.00. The van der Waals surface area contributed by atoms with E-state index in [0.717, 1.165) is 17.7 Å². The quantitative estimate of drug-likeness (QED) is 0.791. The van der Waals surface area contributed by atoms with Gasteiger partial charge in [0.15, 0.2) is 17.3 Å². The van der Waals surface area contributed by atoms with Gasteiger partial charge in [-0.3, -0.25) is 4.79 Å². The minimum absolute atomic E-state index is 0.233. The summed E-state index contributed by atoms with van der Waals surface area (Å²) in [7, 11) is 3.65. The molecule has 0 N–H and O–H groups in total. The molecule has 0 amide bonds. The molecule has 1 aromatic carbocycles. The normalized spacial score (nSPS) is 18.4. The summed E-state index contributed by atoms with van der Waals surface area (Å²) in [6.07, 6.45) is 2.54. The molecule has 1 aliphatic rings. The molecule has 0 atom stereocenters. The second-order valence-corrected chi connectivity index (χ2v) is 4.92. The van der Waals surface area contributed by atoms with Crippen molar-refractivity contribution in [3.8, 4) is 11.5 Å². The van der Waals surface area contributed by atoms with Crippen LogP contribution in [0.2, 0.25) is 0 Å². The van der Waals surface area contributed by atoms with Crippen molar-refractivity contribution < 1.29 is 14.3 Å². The molecule has 4 nitrogen and oxygen atoms in total. The molecular formula is C16H21NO3. The van der Waals surface area contributed by atoms with Gasteiger partial charge in [-0.05, 0) is 37.7 Å². The average Bonchev–Trinajstić information content (AvgIpc) is 2.44. The Hall–Kier alpha value is -1.81. The smallest absolute Gasteiger partial charge is 0.161 e. The molecule has 2 rings (SSSR count). The number of benzene rings is 1. The van der Waals surface area contributed by atoms with E-state index in [1.807, 2.05) is 38.2 Å². The Morgan fingerprint density at radius 3 is 2.85 bits per heavy atom. The molecule has 0 aromatic heterocycles.